The summed E-state index contributed by atoms with van der Waals surface area (Å²) in [6.45, 7) is 3.34. The van der Waals surface area contributed by atoms with Crippen LogP contribution < -0.4 is 11.1 Å². The maximum Gasteiger partial charge on any atom is 0.267 e. The number of likely N-dealkylation sites (tertiary alicyclic amines) is 1. The monoisotopic (exact) mass is 355 g/mol. The Morgan fingerprint density at radius 3 is 2.69 bits per heavy atom. The molecule has 0 N–H and O–H groups in total. The normalized spacial score (nSPS) is 18.2. The second-order valence-corrected chi connectivity index (χ2v) is 7.54. The van der Waals surface area contributed by atoms with Gasteiger partial charge in [0.25, 0.3) is 11.1 Å². The lowest BCUT2D eigenvalue weighted by Crippen LogP contribution is -2.37. The lowest BCUT2D eigenvalue weighted by Gasteiger charge is -2.31. The van der Waals surface area contributed by atoms with E-state index in [-0.39, 0.29) is 11.1 Å². The summed E-state index contributed by atoms with van der Waals surface area (Å²) < 4.78 is 3.16. The zero-order chi connectivity index (χ0) is 18.1. The number of fused-ring (bicyclic) bond motifs is 1. The Kier molecular flexibility index (Phi) is 4.72. The highest BCUT2D eigenvalue weighted by Gasteiger charge is 2.22. The van der Waals surface area contributed by atoms with E-state index in [1.165, 1.54) is 4.57 Å². The number of hydrogen-bond donors (Lipinski definition) is 0. The first-order valence-electron chi connectivity index (χ1n) is 9.42. The van der Waals surface area contributed by atoms with E-state index >= 15 is 0 Å². The van der Waals surface area contributed by atoms with Crippen LogP contribution in [0, 0.1) is 5.92 Å². The molecule has 0 saturated carbocycles. The molecule has 0 spiro atoms. The summed E-state index contributed by atoms with van der Waals surface area (Å²) in [4.78, 5) is 30.6. The van der Waals surface area contributed by atoms with Gasteiger partial charge in [-0.05, 0) is 56.7 Å². The molecular formula is C19H25N5O2. The quantitative estimate of drug-likeness (QED) is 0.809. The highest BCUT2D eigenvalue weighted by Crippen LogP contribution is 2.21. The van der Waals surface area contributed by atoms with Gasteiger partial charge < -0.3 is 4.57 Å². The fourth-order valence-corrected chi connectivity index (χ4v) is 3.96. The third kappa shape index (κ3) is 3.62. The van der Waals surface area contributed by atoms with Gasteiger partial charge >= 0.3 is 0 Å². The summed E-state index contributed by atoms with van der Waals surface area (Å²) in [6, 6.07) is 3.39. The molecule has 2 aliphatic rings. The molecule has 0 radical (unpaired) electrons. The Morgan fingerprint density at radius 2 is 1.92 bits per heavy atom. The van der Waals surface area contributed by atoms with E-state index in [2.05, 4.69) is 15.0 Å². The molecule has 1 fully saturated rings. The van der Waals surface area contributed by atoms with Crippen molar-refractivity contribution in [1.82, 2.24) is 24.2 Å². The van der Waals surface area contributed by atoms with Gasteiger partial charge in [-0.3, -0.25) is 14.5 Å². The first kappa shape index (κ1) is 17.1. The summed E-state index contributed by atoms with van der Waals surface area (Å²) in [5.74, 6) is 0.479. The molecule has 1 saturated heterocycles. The Morgan fingerprint density at radius 1 is 1.12 bits per heavy atom. The number of aromatic nitrogens is 4. The standard InChI is InChI=1S/C19H25N5O2/c1-22-13-20-16(10-18(22)25)12-23-7-5-14(6-8-23)11-24-19(26)9-15-3-2-4-17(15)21-24/h9-10,13-14H,2-8,11-12H2,1H3. The fourth-order valence-electron chi connectivity index (χ4n) is 3.96. The first-order chi connectivity index (χ1) is 12.6. The number of hydrogen-bond acceptors (Lipinski definition) is 5. The molecule has 1 aliphatic heterocycles. The van der Waals surface area contributed by atoms with Crippen molar-refractivity contribution in [3.8, 4) is 0 Å². The number of nitrogens with zero attached hydrogens (tertiary/aromatic N) is 5. The summed E-state index contributed by atoms with van der Waals surface area (Å²) in [7, 11) is 1.71. The molecule has 26 heavy (non-hydrogen) atoms. The van der Waals surface area contributed by atoms with Crippen LogP contribution in [0.4, 0.5) is 0 Å². The number of piperidine rings is 1. The van der Waals surface area contributed by atoms with E-state index in [9.17, 15) is 9.59 Å². The third-order valence-electron chi connectivity index (χ3n) is 5.58. The molecule has 0 amide bonds. The van der Waals surface area contributed by atoms with E-state index in [1.54, 1.807) is 30.2 Å². The highest BCUT2D eigenvalue weighted by molar-refractivity contribution is 5.22. The van der Waals surface area contributed by atoms with Crippen LogP contribution in [0.25, 0.3) is 0 Å². The van der Waals surface area contributed by atoms with Crippen LogP contribution in [0.2, 0.25) is 0 Å². The maximum atomic E-state index is 12.3. The molecule has 4 rings (SSSR count). The van der Waals surface area contributed by atoms with E-state index < -0.39 is 0 Å². The largest absolute Gasteiger partial charge is 0.302 e. The third-order valence-corrected chi connectivity index (χ3v) is 5.58. The van der Waals surface area contributed by atoms with Crippen LogP contribution in [-0.4, -0.2) is 37.3 Å². The van der Waals surface area contributed by atoms with Crippen molar-refractivity contribution < 1.29 is 0 Å². The van der Waals surface area contributed by atoms with Crippen LogP contribution in [0.1, 0.15) is 36.2 Å². The van der Waals surface area contributed by atoms with Crippen LogP contribution in [0.15, 0.2) is 28.0 Å². The molecule has 2 aromatic rings. The van der Waals surface area contributed by atoms with E-state index in [1.807, 2.05) is 0 Å². The Labute approximate surface area is 152 Å². The van der Waals surface area contributed by atoms with Crippen molar-refractivity contribution in [2.75, 3.05) is 13.1 Å². The molecule has 7 heteroatoms. The second-order valence-electron chi connectivity index (χ2n) is 7.54. The summed E-state index contributed by atoms with van der Waals surface area (Å²) in [5, 5.41) is 4.60. The van der Waals surface area contributed by atoms with Crippen molar-refractivity contribution in [2.24, 2.45) is 13.0 Å². The Bertz CT molecular complexity index is 909. The molecule has 0 atom stereocenters. The zero-order valence-corrected chi connectivity index (χ0v) is 15.2. The lowest BCUT2D eigenvalue weighted by molar-refractivity contribution is 0.161. The molecule has 1 aliphatic carbocycles. The van der Waals surface area contributed by atoms with Gasteiger partial charge in [-0.25, -0.2) is 9.67 Å². The highest BCUT2D eigenvalue weighted by atomic mass is 16.1. The van der Waals surface area contributed by atoms with Crippen LogP contribution >= 0.6 is 0 Å². The van der Waals surface area contributed by atoms with Gasteiger partial charge in [0.2, 0.25) is 0 Å². The van der Waals surface area contributed by atoms with Crippen LogP contribution in [-0.2, 0) is 33.0 Å². The number of aryl methyl sites for hydroxylation is 3. The van der Waals surface area contributed by atoms with Crippen molar-refractivity contribution in [3.63, 3.8) is 0 Å². The predicted molar refractivity (Wildman–Crippen MR) is 98.0 cm³/mol. The summed E-state index contributed by atoms with van der Waals surface area (Å²) in [5.41, 5.74) is 3.09. The van der Waals surface area contributed by atoms with Crippen molar-refractivity contribution in [3.05, 3.63) is 56.1 Å². The topological polar surface area (TPSA) is 73.0 Å². The van der Waals surface area contributed by atoms with Gasteiger partial charge in [0.15, 0.2) is 0 Å². The van der Waals surface area contributed by atoms with Gasteiger partial charge in [-0.1, -0.05) is 0 Å². The van der Waals surface area contributed by atoms with Crippen LogP contribution in [0.3, 0.4) is 0 Å². The Hall–Kier alpha value is -2.28. The SMILES string of the molecule is Cn1cnc(CN2CCC(Cn3nc4c(cc3=O)CCC4)CC2)cc1=O. The van der Waals surface area contributed by atoms with Crippen molar-refractivity contribution in [1.29, 1.82) is 0 Å². The average molecular weight is 355 g/mol. The van der Waals surface area contributed by atoms with Crippen molar-refractivity contribution >= 4 is 0 Å². The minimum Gasteiger partial charge on any atom is -0.302 e. The first-order valence-corrected chi connectivity index (χ1v) is 9.42. The Balaban J connectivity index is 1.34. The van der Waals surface area contributed by atoms with Gasteiger partial charge in [-0.2, -0.15) is 5.10 Å². The summed E-state index contributed by atoms with van der Waals surface area (Å²) >= 11 is 0. The van der Waals surface area contributed by atoms with Gasteiger partial charge in [0.05, 0.1) is 17.7 Å². The smallest absolute Gasteiger partial charge is 0.267 e. The maximum absolute atomic E-state index is 12.3. The van der Waals surface area contributed by atoms with E-state index in [0.717, 1.165) is 62.1 Å². The molecule has 0 unspecified atom stereocenters. The predicted octanol–water partition coefficient (Wildman–Crippen LogP) is 0.738. The fraction of sp³-hybridized carbons (Fsp3) is 0.579. The van der Waals surface area contributed by atoms with Gasteiger partial charge in [0.1, 0.15) is 0 Å². The van der Waals surface area contributed by atoms with Crippen LogP contribution in [0.5, 0.6) is 0 Å². The van der Waals surface area contributed by atoms with Gasteiger partial charge in [-0.15, -0.1) is 0 Å². The molecule has 2 aromatic heterocycles. The van der Waals surface area contributed by atoms with Crippen molar-refractivity contribution in [2.45, 2.75) is 45.2 Å². The molecular weight excluding hydrogens is 330 g/mol. The van der Waals surface area contributed by atoms with E-state index in [4.69, 9.17) is 0 Å². The molecule has 7 nitrogen and oxygen atoms in total. The molecule has 0 aromatic carbocycles. The lowest BCUT2D eigenvalue weighted by atomic mass is 9.96. The van der Waals surface area contributed by atoms with E-state index in [0.29, 0.717) is 19.0 Å². The number of rotatable bonds is 4. The molecule has 0 bridgehead atoms. The molecule has 3 heterocycles. The zero-order valence-electron chi connectivity index (χ0n) is 15.2. The average Bonchev–Trinajstić information content (AvgIpc) is 3.07. The molecule has 138 valence electrons. The second kappa shape index (κ2) is 7.15. The minimum atomic E-state index is -0.0213. The van der Waals surface area contributed by atoms with Gasteiger partial charge in [0, 0.05) is 32.3 Å². The minimum absolute atomic E-state index is 0.0213. The summed E-state index contributed by atoms with van der Waals surface area (Å²) in [6.07, 6.45) is 6.76.